The molecule has 1 saturated carbocycles. The number of hydrogen-bond acceptors (Lipinski definition) is 3. The topological polar surface area (TPSA) is 54.4 Å². The van der Waals surface area contributed by atoms with Crippen LogP contribution in [0.15, 0.2) is 0 Å². The van der Waals surface area contributed by atoms with Crippen LogP contribution in [0.5, 0.6) is 0 Å². The van der Waals surface area contributed by atoms with Gasteiger partial charge in [0, 0.05) is 6.26 Å². The van der Waals surface area contributed by atoms with E-state index in [2.05, 4.69) is 0 Å². The van der Waals surface area contributed by atoms with Gasteiger partial charge >= 0.3 is 0 Å². The van der Waals surface area contributed by atoms with Gasteiger partial charge in [-0.25, -0.2) is 8.42 Å². The van der Waals surface area contributed by atoms with E-state index in [1.807, 2.05) is 6.92 Å². The Morgan fingerprint density at radius 3 is 2.38 bits per heavy atom. The predicted octanol–water partition coefficient (Wildman–Crippen LogP) is 0.828. The third kappa shape index (κ3) is 3.27. The Kier molecular flexibility index (Phi) is 3.35. The van der Waals surface area contributed by atoms with Crippen molar-refractivity contribution in [1.82, 2.24) is 0 Å². The van der Waals surface area contributed by atoms with Gasteiger partial charge in [-0.3, -0.25) is 0 Å². The van der Waals surface area contributed by atoms with E-state index in [9.17, 15) is 13.5 Å². The van der Waals surface area contributed by atoms with Crippen molar-refractivity contribution in [2.24, 2.45) is 11.8 Å². The van der Waals surface area contributed by atoms with Gasteiger partial charge in [0.15, 0.2) is 0 Å². The van der Waals surface area contributed by atoms with Crippen LogP contribution in [0.1, 0.15) is 26.2 Å². The van der Waals surface area contributed by atoms with E-state index < -0.39 is 9.84 Å². The van der Waals surface area contributed by atoms with Crippen molar-refractivity contribution >= 4 is 9.84 Å². The smallest absolute Gasteiger partial charge is 0.147 e. The van der Waals surface area contributed by atoms with Crippen molar-refractivity contribution < 1.29 is 13.5 Å². The van der Waals surface area contributed by atoms with E-state index in [4.69, 9.17) is 0 Å². The normalized spacial score (nSPS) is 35.2. The molecule has 0 heterocycles. The molecule has 0 aromatic rings. The largest absolute Gasteiger partial charge is 0.393 e. The summed E-state index contributed by atoms with van der Waals surface area (Å²) in [6.07, 6.45) is 3.55. The summed E-state index contributed by atoms with van der Waals surface area (Å²) < 4.78 is 21.8. The maximum atomic E-state index is 10.9. The first-order valence-corrected chi connectivity index (χ1v) is 6.82. The fourth-order valence-electron chi connectivity index (χ4n) is 2.00. The van der Waals surface area contributed by atoms with Crippen molar-refractivity contribution in [2.75, 3.05) is 12.0 Å². The third-order valence-corrected chi connectivity index (χ3v) is 4.02. The van der Waals surface area contributed by atoms with Crippen molar-refractivity contribution in [1.29, 1.82) is 0 Å². The SMILES string of the molecule is CC1C(O)CCC1CCS(C)(=O)=O. The first kappa shape index (κ1) is 11.0. The summed E-state index contributed by atoms with van der Waals surface area (Å²) in [7, 11) is -2.83. The van der Waals surface area contributed by atoms with Crippen molar-refractivity contribution in [3.63, 3.8) is 0 Å². The molecule has 0 saturated heterocycles. The predicted molar refractivity (Wildman–Crippen MR) is 52.2 cm³/mol. The van der Waals surface area contributed by atoms with Crippen molar-refractivity contribution in [3.8, 4) is 0 Å². The first-order valence-electron chi connectivity index (χ1n) is 4.76. The van der Waals surface area contributed by atoms with Crippen LogP contribution in [0.3, 0.4) is 0 Å². The second-order valence-corrected chi connectivity index (χ2v) is 6.44. The van der Waals surface area contributed by atoms with Crippen LogP contribution < -0.4 is 0 Å². The van der Waals surface area contributed by atoms with Gasteiger partial charge in [0.05, 0.1) is 11.9 Å². The molecule has 1 aliphatic carbocycles. The molecular weight excluding hydrogens is 188 g/mol. The molecule has 1 fully saturated rings. The number of rotatable bonds is 3. The van der Waals surface area contributed by atoms with Crippen LogP contribution in [0.4, 0.5) is 0 Å². The highest BCUT2D eigenvalue weighted by Gasteiger charge is 2.31. The summed E-state index contributed by atoms with van der Waals surface area (Å²) in [6, 6.07) is 0. The summed E-state index contributed by atoms with van der Waals surface area (Å²) in [6.45, 7) is 2.00. The Morgan fingerprint density at radius 1 is 1.38 bits per heavy atom. The summed E-state index contributed by atoms with van der Waals surface area (Å²) >= 11 is 0. The average Bonchev–Trinajstić information content (AvgIpc) is 2.29. The summed E-state index contributed by atoms with van der Waals surface area (Å²) in [4.78, 5) is 0. The van der Waals surface area contributed by atoms with Gasteiger partial charge in [-0.05, 0) is 31.1 Å². The van der Waals surface area contributed by atoms with Crippen LogP contribution in [0.2, 0.25) is 0 Å². The highest BCUT2D eigenvalue weighted by molar-refractivity contribution is 7.90. The minimum absolute atomic E-state index is 0.218. The molecule has 0 aromatic carbocycles. The van der Waals surface area contributed by atoms with E-state index in [1.54, 1.807) is 0 Å². The molecule has 0 radical (unpaired) electrons. The Bertz CT molecular complexity index is 258. The Balaban J connectivity index is 2.39. The van der Waals surface area contributed by atoms with Gasteiger partial charge in [0.2, 0.25) is 0 Å². The average molecular weight is 206 g/mol. The zero-order chi connectivity index (χ0) is 10.1. The molecule has 0 aromatic heterocycles. The highest BCUT2D eigenvalue weighted by atomic mass is 32.2. The molecule has 4 heteroatoms. The van der Waals surface area contributed by atoms with Gasteiger partial charge in [0.25, 0.3) is 0 Å². The monoisotopic (exact) mass is 206 g/mol. The van der Waals surface area contributed by atoms with E-state index in [-0.39, 0.29) is 17.8 Å². The summed E-state index contributed by atoms with van der Waals surface area (Å²) in [5.41, 5.74) is 0. The van der Waals surface area contributed by atoms with Gasteiger partial charge in [-0.15, -0.1) is 0 Å². The van der Waals surface area contributed by atoms with E-state index in [0.717, 1.165) is 12.8 Å². The molecule has 1 rings (SSSR count). The van der Waals surface area contributed by atoms with E-state index in [1.165, 1.54) is 6.26 Å². The molecule has 78 valence electrons. The maximum Gasteiger partial charge on any atom is 0.147 e. The molecule has 3 nitrogen and oxygen atoms in total. The molecule has 1 aliphatic rings. The zero-order valence-electron chi connectivity index (χ0n) is 8.23. The molecule has 3 atom stereocenters. The van der Waals surface area contributed by atoms with Gasteiger partial charge in [-0.1, -0.05) is 6.92 Å². The zero-order valence-corrected chi connectivity index (χ0v) is 9.05. The molecule has 3 unspecified atom stereocenters. The lowest BCUT2D eigenvalue weighted by atomic mass is 9.95. The van der Waals surface area contributed by atoms with E-state index in [0.29, 0.717) is 12.3 Å². The third-order valence-electron chi connectivity index (χ3n) is 3.04. The minimum Gasteiger partial charge on any atom is -0.393 e. The lowest BCUT2D eigenvalue weighted by Gasteiger charge is -2.16. The lowest BCUT2D eigenvalue weighted by Crippen LogP contribution is -2.17. The molecule has 0 bridgehead atoms. The van der Waals surface area contributed by atoms with Gasteiger partial charge < -0.3 is 5.11 Å². The fourth-order valence-corrected chi connectivity index (χ4v) is 2.73. The van der Waals surface area contributed by atoms with Crippen LogP contribution >= 0.6 is 0 Å². The number of hydrogen-bond donors (Lipinski definition) is 1. The Labute approximate surface area is 80.1 Å². The van der Waals surface area contributed by atoms with Gasteiger partial charge in [-0.2, -0.15) is 0 Å². The minimum atomic E-state index is -2.83. The highest BCUT2D eigenvalue weighted by Crippen LogP contribution is 2.34. The molecule has 0 spiro atoms. The van der Waals surface area contributed by atoms with Crippen LogP contribution in [-0.4, -0.2) is 31.6 Å². The molecule has 0 aliphatic heterocycles. The first-order chi connectivity index (χ1) is 5.90. The number of sulfone groups is 1. The van der Waals surface area contributed by atoms with Crippen molar-refractivity contribution in [3.05, 3.63) is 0 Å². The second-order valence-electron chi connectivity index (χ2n) is 4.18. The standard InChI is InChI=1S/C9H18O3S/c1-7-8(3-4-9(7)10)5-6-13(2,11)12/h7-10H,3-6H2,1-2H3. The summed E-state index contributed by atoms with van der Waals surface area (Å²) in [5, 5.41) is 9.45. The quantitative estimate of drug-likeness (QED) is 0.744. The molecule has 1 N–H and O–H groups in total. The lowest BCUT2D eigenvalue weighted by molar-refractivity contribution is 0.127. The van der Waals surface area contributed by atoms with Crippen LogP contribution in [0, 0.1) is 11.8 Å². The van der Waals surface area contributed by atoms with Crippen molar-refractivity contribution in [2.45, 2.75) is 32.3 Å². The van der Waals surface area contributed by atoms with Gasteiger partial charge in [0.1, 0.15) is 9.84 Å². The number of aliphatic hydroxyl groups is 1. The maximum absolute atomic E-state index is 10.9. The van der Waals surface area contributed by atoms with E-state index >= 15 is 0 Å². The summed E-state index contributed by atoms with van der Waals surface area (Å²) in [5.74, 6) is 0.917. The fraction of sp³-hybridized carbons (Fsp3) is 1.00. The molecule has 13 heavy (non-hydrogen) atoms. The molecular formula is C9H18O3S. The van der Waals surface area contributed by atoms with Crippen LogP contribution in [0.25, 0.3) is 0 Å². The van der Waals surface area contributed by atoms with Crippen LogP contribution in [-0.2, 0) is 9.84 Å². The Morgan fingerprint density at radius 2 is 2.00 bits per heavy atom. The molecule has 0 amide bonds. The number of aliphatic hydroxyl groups excluding tert-OH is 1. The Hall–Kier alpha value is -0.0900. The second kappa shape index (κ2) is 3.96.